The Morgan fingerprint density at radius 1 is 1.20 bits per heavy atom. The second kappa shape index (κ2) is 8.23. The van der Waals surface area contributed by atoms with Crippen LogP contribution in [-0.4, -0.2) is 34.2 Å². The minimum atomic E-state index is -0.753. The molecule has 0 bridgehead atoms. The molecule has 3 heterocycles. The molecular formula is C22H22N4O3S. The lowest BCUT2D eigenvalue weighted by atomic mass is 9.89. The molecule has 0 aliphatic carbocycles. The number of hydrogen-bond acceptors (Lipinski definition) is 5. The zero-order chi connectivity index (χ0) is 21.3. The van der Waals surface area contributed by atoms with E-state index in [0.29, 0.717) is 12.5 Å². The maximum atomic E-state index is 13.1. The fourth-order valence-electron chi connectivity index (χ4n) is 3.91. The first-order valence-electron chi connectivity index (χ1n) is 9.77. The maximum absolute atomic E-state index is 13.1. The summed E-state index contributed by atoms with van der Waals surface area (Å²) in [6, 6.07) is 9.36. The van der Waals surface area contributed by atoms with Crippen molar-refractivity contribution in [2.75, 3.05) is 11.9 Å². The topological polar surface area (TPSA) is 105 Å². The number of likely N-dealkylation sites (tertiary alicyclic amines) is 1. The first-order chi connectivity index (χ1) is 14.4. The number of nitrogens with two attached hydrogens (primary N) is 1. The number of fused-ring (bicyclic) bond motifs is 1. The molecule has 3 aromatic rings. The van der Waals surface area contributed by atoms with Crippen molar-refractivity contribution in [1.29, 1.82) is 0 Å². The molecule has 0 spiro atoms. The van der Waals surface area contributed by atoms with E-state index < -0.39 is 17.7 Å². The van der Waals surface area contributed by atoms with E-state index in [1.807, 2.05) is 12.1 Å². The van der Waals surface area contributed by atoms with E-state index in [1.165, 1.54) is 18.5 Å². The van der Waals surface area contributed by atoms with Crippen molar-refractivity contribution in [3.63, 3.8) is 0 Å². The molecule has 1 fully saturated rings. The van der Waals surface area contributed by atoms with Crippen LogP contribution in [0.2, 0.25) is 0 Å². The second-order valence-corrected chi connectivity index (χ2v) is 8.53. The van der Waals surface area contributed by atoms with Gasteiger partial charge in [0.05, 0.1) is 23.5 Å². The van der Waals surface area contributed by atoms with Crippen molar-refractivity contribution < 1.29 is 14.4 Å². The highest BCUT2D eigenvalue weighted by Crippen LogP contribution is 2.39. The number of aromatic nitrogens is 1. The summed E-state index contributed by atoms with van der Waals surface area (Å²) >= 11 is 1.65. The summed E-state index contributed by atoms with van der Waals surface area (Å²) in [5.74, 6) is -1.69. The fraction of sp³-hybridized carbons (Fsp3) is 0.273. The molecule has 154 valence electrons. The molecule has 2 atom stereocenters. The van der Waals surface area contributed by atoms with Gasteiger partial charge >= 0.3 is 11.8 Å². The van der Waals surface area contributed by atoms with Gasteiger partial charge in [-0.1, -0.05) is 25.1 Å². The predicted octanol–water partition coefficient (Wildman–Crippen LogP) is 3.33. The summed E-state index contributed by atoms with van der Waals surface area (Å²) in [5.41, 5.74) is 6.76. The predicted molar refractivity (Wildman–Crippen MR) is 116 cm³/mol. The number of hydrogen-bond donors (Lipinski definition) is 2. The fourth-order valence-corrected chi connectivity index (χ4v) is 4.92. The molecule has 1 aliphatic rings. The van der Waals surface area contributed by atoms with Gasteiger partial charge in [-0.05, 0) is 47.2 Å². The van der Waals surface area contributed by atoms with Gasteiger partial charge in [-0.15, -0.1) is 11.3 Å². The van der Waals surface area contributed by atoms with Crippen molar-refractivity contribution in [1.82, 2.24) is 9.88 Å². The van der Waals surface area contributed by atoms with E-state index >= 15 is 0 Å². The van der Waals surface area contributed by atoms with Crippen LogP contribution in [0.15, 0.2) is 48.1 Å². The molecule has 1 aromatic carbocycles. The van der Waals surface area contributed by atoms with Crippen molar-refractivity contribution in [2.45, 2.75) is 25.8 Å². The number of nitrogens with one attached hydrogen (secondary N) is 1. The highest BCUT2D eigenvalue weighted by molar-refractivity contribution is 7.17. The Balaban J connectivity index is 1.59. The van der Waals surface area contributed by atoms with Crippen LogP contribution in [0, 0.1) is 5.92 Å². The van der Waals surface area contributed by atoms with Crippen LogP contribution in [0.1, 0.15) is 41.7 Å². The van der Waals surface area contributed by atoms with Crippen LogP contribution < -0.4 is 11.1 Å². The lowest BCUT2D eigenvalue weighted by Crippen LogP contribution is -2.46. The van der Waals surface area contributed by atoms with Crippen LogP contribution in [-0.2, 0) is 9.59 Å². The SMILES string of the molecule is C[C@H]1CC[C@H](c2csc3ccccc23)N(C(=O)C(=O)Nc2cncc(C(N)=O)c2)C1. The molecule has 4 rings (SSSR count). The van der Waals surface area contributed by atoms with Crippen molar-refractivity contribution in [3.8, 4) is 0 Å². The highest BCUT2D eigenvalue weighted by atomic mass is 32.1. The molecule has 30 heavy (non-hydrogen) atoms. The normalized spacial score (nSPS) is 18.9. The zero-order valence-electron chi connectivity index (χ0n) is 16.5. The summed E-state index contributed by atoms with van der Waals surface area (Å²) in [5, 5.41) is 5.77. The van der Waals surface area contributed by atoms with Crippen molar-refractivity contribution >= 4 is 44.8 Å². The van der Waals surface area contributed by atoms with Crippen LogP contribution in [0.5, 0.6) is 0 Å². The number of pyridine rings is 1. The molecule has 0 saturated carbocycles. The van der Waals surface area contributed by atoms with Gasteiger partial charge in [-0.3, -0.25) is 19.4 Å². The number of nitrogens with zero attached hydrogens (tertiary/aromatic N) is 2. The largest absolute Gasteiger partial charge is 0.366 e. The first kappa shape index (κ1) is 20.0. The minimum Gasteiger partial charge on any atom is -0.366 e. The summed E-state index contributed by atoms with van der Waals surface area (Å²) < 4.78 is 1.16. The smallest absolute Gasteiger partial charge is 0.313 e. The lowest BCUT2D eigenvalue weighted by Gasteiger charge is -2.38. The summed E-state index contributed by atoms with van der Waals surface area (Å²) in [4.78, 5) is 42.7. The molecule has 3 amide bonds. The number of benzene rings is 1. The molecule has 2 aromatic heterocycles. The number of anilines is 1. The van der Waals surface area contributed by atoms with Gasteiger partial charge in [0.2, 0.25) is 5.91 Å². The third-order valence-electron chi connectivity index (χ3n) is 5.42. The Morgan fingerprint density at radius 3 is 2.80 bits per heavy atom. The van der Waals surface area contributed by atoms with E-state index in [-0.39, 0.29) is 17.3 Å². The number of primary amides is 1. The van der Waals surface area contributed by atoms with Gasteiger partial charge in [0, 0.05) is 17.4 Å². The number of amides is 3. The van der Waals surface area contributed by atoms with Crippen LogP contribution >= 0.6 is 11.3 Å². The Kier molecular flexibility index (Phi) is 5.50. The van der Waals surface area contributed by atoms with Gasteiger partial charge in [0.1, 0.15) is 0 Å². The summed E-state index contributed by atoms with van der Waals surface area (Å²) in [7, 11) is 0. The van der Waals surface area contributed by atoms with Crippen molar-refractivity contribution in [2.24, 2.45) is 11.7 Å². The Morgan fingerprint density at radius 2 is 2.00 bits per heavy atom. The van der Waals surface area contributed by atoms with Crippen LogP contribution in [0.25, 0.3) is 10.1 Å². The number of thiophene rings is 1. The van der Waals surface area contributed by atoms with E-state index in [2.05, 4.69) is 34.7 Å². The minimum absolute atomic E-state index is 0.148. The zero-order valence-corrected chi connectivity index (χ0v) is 17.3. The van der Waals surface area contributed by atoms with Gasteiger partial charge in [-0.25, -0.2) is 0 Å². The molecule has 7 nitrogen and oxygen atoms in total. The average Bonchev–Trinajstić information content (AvgIpc) is 3.17. The molecule has 8 heteroatoms. The number of carbonyl (C=O) groups is 3. The molecule has 0 unspecified atom stereocenters. The molecule has 3 N–H and O–H groups in total. The van der Waals surface area contributed by atoms with Gasteiger partial charge in [0.25, 0.3) is 0 Å². The van der Waals surface area contributed by atoms with Gasteiger partial charge < -0.3 is 16.0 Å². The lowest BCUT2D eigenvalue weighted by molar-refractivity contribution is -0.146. The highest BCUT2D eigenvalue weighted by Gasteiger charge is 2.35. The Hall–Kier alpha value is -3.26. The first-order valence-corrected chi connectivity index (χ1v) is 10.6. The van der Waals surface area contributed by atoms with Crippen molar-refractivity contribution in [3.05, 3.63) is 59.2 Å². The van der Waals surface area contributed by atoms with Gasteiger partial charge in [-0.2, -0.15) is 0 Å². The quantitative estimate of drug-likeness (QED) is 0.632. The van der Waals surface area contributed by atoms with E-state index in [0.717, 1.165) is 28.5 Å². The Labute approximate surface area is 177 Å². The molecule has 0 radical (unpaired) electrons. The van der Waals surface area contributed by atoms with E-state index in [9.17, 15) is 14.4 Å². The van der Waals surface area contributed by atoms with E-state index in [1.54, 1.807) is 16.2 Å². The van der Waals surface area contributed by atoms with Crippen LogP contribution in [0.4, 0.5) is 5.69 Å². The third kappa shape index (κ3) is 3.91. The molecule has 1 saturated heterocycles. The number of rotatable bonds is 3. The van der Waals surface area contributed by atoms with Crippen LogP contribution in [0.3, 0.4) is 0 Å². The average molecular weight is 423 g/mol. The second-order valence-electron chi connectivity index (χ2n) is 7.62. The molecule has 1 aliphatic heterocycles. The number of carbonyl (C=O) groups excluding carboxylic acids is 3. The molecular weight excluding hydrogens is 400 g/mol. The maximum Gasteiger partial charge on any atom is 0.313 e. The number of piperidine rings is 1. The summed E-state index contributed by atoms with van der Waals surface area (Å²) in [6.07, 6.45) is 4.48. The Bertz CT molecular complexity index is 1130. The monoisotopic (exact) mass is 422 g/mol. The van der Waals surface area contributed by atoms with E-state index in [4.69, 9.17) is 5.73 Å². The van der Waals surface area contributed by atoms with Gasteiger partial charge in [0.15, 0.2) is 0 Å². The summed E-state index contributed by atoms with van der Waals surface area (Å²) in [6.45, 7) is 2.60. The standard InChI is InChI=1S/C22H22N4O3S/c1-13-6-7-18(17-12-30-19-5-3-2-4-16(17)19)26(11-13)22(29)21(28)25-15-8-14(20(23)27)9-24-10-15/h2-5,8-10,12-13,18H,6-7,11H2,1H3,(H2,23,27)(H,25,28)/t13-,18+/m0/s1. The third-order valence-corrected chi connectivity index (χ3v) is 6.40.